The van der Waals surface area contributed by atoms with Gasteiger partial charge in [0, 0.05) is 32.3 Å². The fourth-order valence-electron chi connectivity index (χ4n) is 1.54. The minimum Gasteiger partial charge on any atom is -0.134 e. The summed E-state index contributed by atoms with van der Waals surface area (Å²) in [6.45, 7) is 0. The molecule has 0 aliphatic heterocycles. The van der Waals surface area contributed by atoms with Crippen LogP contribution in [0.1, 0.15) is 0 Å². The van der Waals surface area contributed by atoms with Crippen LogP contribution in [0.2, 0.25) is 0 Å². The molecule has 0 aliphatic carbocycles. The van der Waals surface area contributed by atoms with E-state index in [2.05, 4.69) is 24.3 Å². The molecule has 0 spiro atoms. The van der Waals surface area contributed by atoms with Crippen LogP contribution < -0.4 is 0 Å². The number of benzene rings is 2. The number of fused-ring (bicyclic) bond motifs is 3. The van der Waals surface area contributed by atoms with Crippen LogP contribution in [-0.2, 0) is 0 Å². The molecule has 0 bridgehead atoms. The van der Waals surface area contributed by atoms with Crippen molar-refractivity contribution in [2.75, 3.05) is 0 Å². The van der Waals surface area contributed by atoms with Crippen molar-refractivity contribution < 1.29 is 0 Å². The predicted octanol–water partition coefficient (Wildman–Crippen LogP) is 3.65. The Morgan fingerprint density at radius 1 is 0.846 bits per heavy atom. The van der Waals surface area contributed by atoms with Crippen LogP contribution in [0.25, 0.3) is 20.2 Å². The Labute approximate surface area is 80.4 Å². The molecule has 0 fully saturated rings. The Kier molecular flexibility index (Phi) is 1.41. The molecule has 0 N–H and O–H groups in total. The van der Waals surface area contributed by atoms with Crippen molar-refractivity contribution >= 4 is 31.5 Å². The molecular formula is C12H6S. The van der Waals surface area contributed by atoms with Crippen molar-refractivity contribution in [2.45, 2.75) is 0 Å². The van der Waals surface area contributed by atoms with Crippen LogP contribution in [0, 0.1) is 12.1 Å². The SMILES string of the molecule is [c]1cccc2c1sc1[c]cccc12. The number of thiophene rings is 1. The monoisotopic (exact) mass is 182 g/mol. The molecule has 0 unspecified atom stereocenters. The van der Waals surface area contributed by atoms with Gasteiger partial charge in [0.1, 0.15) is 0 Å². The van der Waals surface area contributed by atoms with Crippen LogP contribution in [0.15, 0.2) is 36.4 Å². The molecule has 1 aromatic heterocycles. The molecular weight excluding hydrogens is 176 g/mol. The minimum atomic E-state index is 1.22. The maximum atomic E-state index is 3.24. The summed E-state index contributed by atoms with van der Waals surface area (Å²) in [4.78, 5) is 0. The van der Waals surface area contributed by atoms with Gasteiger partial charge in [-0.3, -0.25) is 0 Å². The van der Waals surface area contributed by atoms with Gasteiger partial charge in [-0.1, -0.05) is 36.4 Å². The van der Waals surface area contributed by atoms with E-state index in [1.54, 1.807) is 11.3 Å². The van der Waals surface area contributed by atoms with E-state index in [9.17, 15) is 0 Å². The van der Waals surface area contributed by atoms with Gasteiger partial charge in [-0.25, -0.2) is 0 Å². The van der Waals surface area contributed by atoms with E-state index in [-0.39, 0.29) is 0 Å². The van der Waals surface area contributed by atoms with Crippen molar-refractivity contribution in [2.24, 2.45) is 0 Å². The van der Waals surface area contributed by atoms with E-state index in [0.717, 1.165) is 0 Å². The van der Waals surface area contributed by atoms with E-state index >= 15 is 0 Å². The smallest absolute Gasteiger partial charge is 0.0434 e. The number of rotatable bonds is 0. The summed E-state index contributed by atoms with van der Waals surface area (Å²) in [5, 5.41) is 2.58. The van der Waals surface area contributed by atoms with Gasteiger partial charge < -0.3 is 0 Å². The molecule has 0 nitrogen and oxygen atoms in total. The molecule has 0 saturated heterocycles. The second-order valence-electron chi connectivity index (χ2n) is 2.93. The van der Waals surface area contributed by atoms with Crippen molar-refractivity contribution in [1.29, 1.82) is 0 Å². The zero-order chi connectivity index (χ0) is 8.67. The summed E-state index contributed by atoms with van der Waals surface area (Å²) in [6, 6.07) is 18.7. The molecule has 60 valence electrons. The average Bonchev–Trinajstić information content (AvgIpc) is 2.56. The molecule has 13 heavy (non-hydrogen) atoms. The van der Waals surface area contributed by atoms with Gasteiger partial charge in [-0.05, 0) is 0 Å². The first kappa shape index (κ1) is 7.10. The molecule has 1 heteroatoms. The summed E-state index contributed by atoms with van der Waals surface area (Å²) in [6.07, 6.45) is 0. The first-order valence-electron chi connectivity index (χ1n) is 4.15. The Hall–Kier alpha value is -1.34. The number of hydrogen-bond donors (Lipinski definition) is 0. The van der Waals surface area contributed by atoms with Crippen LogP contribution in [0.4, 0.5) is 0 Å². The topological polar surface area (TPSA) is 0 Å². The van der Waals surface area contributed by atoms with Gasteiger partial charge in [0.15, 0.2) is 0 Å². The first-order chi connectivity index (χ1) is 6.45. The molecule has 2 aromatic carbocycles. The lowest BCUT2D eigenvalue weighted by molar-refractivity contribution is 1.82. The largest absolute Gasteiger partial charge is 0.134 e. The molecule has 0 saturated carbocycles. The molecule has 1 heterocycles. The summed E-state index contributed by atoms with van der Waals surface area (Å²) in [5.41, 5.74) is 0. The third-order valence-electron chi connectivity index (χ3n) is 2.13. The molecule has 3 aromatic rings. The fourth-order valence-corrected chi connectivity index (χ4v) is 2.57. The highest BCUT2D eigenvalue weighted by atomic mass is 32.1. The third-order valence-corrected chi connectivity index (χ3v) is 3.21. The minimum absolute atomic E-state index is 1.22. The second kappa shape index (κ2) is 2.57. The summed E-state index contributed by atoms with van der Waals surface area (Å²) in [7, 11) is 0. The predicted molar refractivity (Wildman–Crippen MR) is 57.0 cm³/mol. The van der Waals surface area contributed by atoms with E-state index in [0.29, 0.717) is 0 Å². The van der Waals surface area contributed by atoms with Crippen LogP contribution in [0.5, 0.6) is 0 Å². The summed E-state index contributed by atoms with van der Waals surface area (Å²) in [5.74, 6) is 0. The highest BCUT2D eigenvalue weighted by Gasteiger charge is 2.01. The average molecular weight is 182 g/mol. The molecule has 0 amide bonds. The third kappa shape index (κ3) is 0.973. The van der Waals surface area contributed by atoms with E-state index < -0.39 is 0 Å². The van der Waals surface area contributed by atoms with Crippen LogP contribution in [0.3, 0.4) is 0 Å². The lowest BCUT2D eigenvalue weighted by atomic mass is 10.2. The highest BCUT2D eigenvalue weighted by Crippen LogP contribution is 2.32. The quantitative estimate of drug-likeness (QED) is 0.497. The fraction of sp³-hybridized carbons (Fsp3) is 0. The first-order valence-corrected chi connectivity index (χ1v) is 4.96. The van der Waals surface area contributed by atoms with Gasteiger partial charge in [-0.2, -0.15) is 0 Å². The van der Waals surface area contributed by atoms with E-state index in [1.165, 1.54) is 20.2 Å². The lowest BCUT2D eigenvalue weighted by Crippen LogP contribution is -1.63. The van der Waals surface area contributed by atoms with Crippen molar-refractivity contribution in [3.8, 4) is 0 Å². The van der Waals surface area contributed by atoms with E-state index in [1.807, 2.05) is 24.3 Å². The van der Waals surface area contributed by atoms with E-state index in [4.69, 9.17) is 0 Å². The van der Waals surface area contributed by atoms with Crippen LogP contribution in [-0.4, -0.2) is 0 Å². The lowest BCUT2D eigenvalue weighted by Gasteiger charge is -1.87. The zero-order valence-electron chi connectivity index (χ0n) is 6.87. The van der Waals surface area contributed by atoms with Gasteiger partial charge in [-0.15, -0.1) is 11.3 Å². The normalized spacial score (nSPS) is 11.1. The van der Waals surface area contributed by atoms with Crippen molar-refractivity contribution in [3.63, 3.8) is 0 Å². The molecule has 2 radical (unpaired) electrons. The van der Waals surface area contributed by atoms with Crippen molar-refractivity contribution in [3.05, 3.63) is 48.5 Å². The van der Waals surface area contributed by atoms with Crippen molar-refractivity contribution in [1.82, 2.24) is 0 Å². The van der Waals surface area contributed by atoms with Gasteiger partial charge in [0.2, 0.25) is 0 Å². The standard InChI is InChI=1S/C12H6S/c1-3-7-11-9(5-1)10-6-2-4-8-12(10)13-11/h1-6H. The van der Waals surface area contributed by atoms with Gasteiger partial charge >= 0.3 is 0 Å². The number of hydrogen-bond acceptors (Lipinski definition) is 1. The maximum Gasteiger partial charge on any atom is 0.0434 e. The molecule has 0 aliphatic rings. The summed E-state index contributed by atoms with van der Waals surface area (Å²) < 4.78 is 2.44. The maximum absolute atomic E-state index is 3.24. The Morgan fingerprint density at radius 2 is 1.38 bits per heavy atom. The second-order valence-corrected chi connectivity index (χ2v) is 3.95. The molecule has 3 rings (SSSR count). The highest BCUT2D eigenvalue weighted by molar-refractivity contribution is 7.25. The van der Waals surface area contributed by atoms with Gasteiger partial charge in [0.05, 0.1) is 0 Å². The van der Waals surface area contributed by atoms with Gasteiger partial charge in [0.25, 0.3) is 0 Å². The Balaban J connectivity index is 2.64. The molecule has 0 atom stereocenters. The Bertz CT molecular complexity index is 513. The van der Waals surface area contributed by atoms with Crippen LogP contribution >= 0.6 is 11.3 Å². The zero-order valence-corrected chi connectivity index (χ0v) is 7.69. The Morgan fingerprint density at radius 3 is 1.92 bits per heavy atom. The summed E-state index contributed by atoms with van der Waals surface area (Å²) >= 11 is 1.75.